The summed E-state index contributed by atoms with van der Waals surface area (Å²) in [4.78, 5) is 0. The summed E-state index contributed by atoms with van der Waals surface area (Å²) in [5.41, 5.74) is 4.20. The lowest BCUT2D eigenvalue weighted by Crippen LogP contribution is -2.36. The lowest BCUT2D eigenvalue weighted by atomic mass is 10.0. The summed E-state index contributed by atoms with van der Waals surface area (Å²) >= 11 is 0. The first kappa shape index (κ1) is 12.1. The third-order valence-electron chi connectivity index (χ3n) is 2.56. The van der Waals surface area contributed by atoms with Crippen molar-refractivity contribution in [2.24, 2.45) is 5.84 Å². The standard InChI is InChI=1S/C11H17FN2O/c1-7-6-9(4-5-10(7)12)11(14-13)8(2)15-3/h4-6,8,11,14H,13H2,1-3H3. The predicted octanol–water partition coefficient (Wildman–Crippen LogP) is 1.67. The van der Waals surface area contributed by atoms with Gasteiger partial charge in [-0.2, -0.15) is 0 Å². The molecule has 1 aromatic carbocycles. The van der Waals surface area contributed by atoms with Crippen molar-refractivity contribution in [3.05, 3.63) is 35.1 Å². The molecule has 0 saturated heterocycles. The van der Waals surface area contributed by atoms with E-state index in [1.165, 1.54) is 6.07 Å². The summed E-state index contributed by atoms with van der Waals surface area (Å²) in [6.07, 6.45) is -0.0696. The number of methoxy groups -OCH3 is 1. The van der Waals surface area contributed by atoms with Crippen LogP contribution in [0.25, 0.3) is 0 Å². The molecule has 0 heterocycles. The van der Waals surface area contributed by atoms with Crippen molar-refractivity contribution in [3.8, 4) is 0 Å². The highest BCUT2D eigenvalue weighted by Gasteiger charge is 2.17. The number of hydrogen-bond donors (Lipinski definition) is 2. The van der Waals surface area contributed by atoms with E-state index >= 15 is 0 Å². The van der Waals surface area contributed by atoms with Crippen LogP contribution in [0.4, 0.5) is 4.39 Å². The Morgan fingerprint density at radius 3 is 2.60 bits per heavy atom. The first-order chi connectivity index (χ1) is 7.10. The molecule has 1 rings (SSSR count). The molecule has 0 spiro atoms. The Kier molecular flexibility index (Phi) is 4.20. The van der Waals surface area contributed by atoms with Crippen LogP contribution in [0.1, 0.15) is 24.1 Å². The molecule has 0 aliphatic rings. The Balaban J connectivity index is 2.97. The summed E-state index contributed by atoms with van der Waals surface area (Å²) in [5, 5.41) is 0. The predicted molar refractivity (Wildman–Crippen MR) is 57.7 cm³/mol. The van der Waals surface area contributed by atoms with Crippen LogP contribution in [0.15, 0.2) is 18.2 Å². The van der Waals surface area contributed by atoms with Gasteiger partial charge in [0.15, 0.2) is 0 Å². The van der Waals surface area contributed by atoms with Crippen LogP contribution in [-0.2, 0) is 4.74 Å². The Morgan fingerprint density at radius 1 is 1.47 bits per heavy atom. The molecule has 0 radical (unpaired) electrons. The smallest absolute Gasteiger partial charge is 0.126 e. The van der Waals surface area contributed by atoms with Gasteiger partial charge in [0.05, 0.1) is 12.1 Å². The summed E-state index contributed by atoms with van der Waals surface area (Å²) in [6, 6.07) is 4.80. The van der Waals surface area contributed by atoms with Crippen molar-refractivity contribution in [1.82, 2.24) is 5.43 Å². The highest BCUT2D eigenvalue weighted by molar-refractivity contribution is 5.27. The van der Waals surface area contributed by atoms with Crippen LogP contribution in [0.5, 0.6) is 0 Å². The Bertz CT molecular complexity index is 330. The molecular weight excluding hydrogens is 195 g/mol. The highest BCUT2D eigenvalue weighted by Crippen LogP contribution is 2.20. The van der Waals surface area contributed by atoms with Gasteiger partial charge in [-0.1, -0.05) is 12.1 Å². The normalized spacial score (nSPS) is 15.0. The minimum Gasteiger partial charge on any atom is -0.380 e. The number of benzene rings is 1. The first-order valence-electron chi connectivity index (χ1n) is 4.85. The maximum Gasteiger partial charge on any atom is 0.126 e. The van der Waals surface area contributed by atoms with Crippen molar-refractivity contribution in [2.75, 3.05) is 7.11 Å². The lowest BCUT2D eigenvalue weighted by molar-refractivity contribution is 0.0830. The van der Waals surface area contributed by atoms with Gasteiger partial charge in [0.1, 0.15) is 5.82 Å². The zero-order valence-electron chi connectivity index (χ0n) is 9.25. The molecule has 2 unspecified atom stereocenters. The SMILES string of the molecule is COC(C)C(NN)c1ccc(F)c(C)c1. The maximum atomic E-state index is 13.1. The van der Waals surface area contributed by atoms with Crippen molar-refractivity contribution in [1.29, 1.82) is 0 Å². The van der Waals surface area contributed by atoms with E-state index in [0.29, 0.717) is 5.56 Å². The molecule has 0 aliphatic carbocycles. The average Bonchev–Trinajstić information content (AvgIpc) is 2.24. The number of hydrogen-bond acceptors (Lipinski definition) is 3. The number of rotatable bonds is 4. The fourth-order valence-corrected chi connectivity index (χ4v) is 1.50. The van der Waals surface area contributed by atoms with Gasteiger partial charge in [0.25, 0.3) is 0 Å². The third kappa shape index (κ3) is 2.75. The van der Waals surface area contributed by atoms with Crippen LogP contribution >= 0.6 is 0 Å². The number of ether oxygens (including phenoxy) is 1. The molecule has 3 nitrogen and oxygen atoms in total. The molecule has 0 bridgehead atoms. The van der Waals surface area contributed by atoms with Gasteiger partial charge < -0.3 is 4.74 Å². The largest absolute Gasteiger partial charge is 0.380 e. The van der Waals surface area contributed by atoms with Crippen LogP contribution < -0.4 is 11.3 Å². The van der Waals surface area contributed by atoms with Gasteiger partial charge >= 0.3 is 0 Å². The average molecular weight is 212 g/mol. The maximum absolute atomic E-state index is 13.1. The van der Waals surface area contributed by atoms with Gasteiger partial charge in [-0.05, 0) is 31.0 Å². The van der Waals surface area contributed by atoms with Crippen LogP contribution in [0, 0.1) is 12.7 Å². The molecule has 1 aromatic rings. The van der Waals surface area contributed by atoms with Crippen LogP contribution in [0.2, 0.25) is 0 Å². The van der Waals surface area contributed by atoms with Crippen molar-refractivity contribution < 1.29 is 9.13 Å². The Labute approximate surface area is 89.4 Å². The van der Waals surface area contributed by atoms with Crippen LogP contribution in [-0.4, -0.2) is 13.2 Å². The Morgan fingerprint density at radius 2 is 2.13 bits per heavy atom. The summed E-state index contributed by atoms with van der Waals surface area (Å²) < 4.78 is 18.3. The number of hydrazine groups is 1. The first-order valence-corrected chi connectivity index (χ1v) is 4.85. The fourth-order valence-electron chi connectivity index (χ4n) is 1.50. The quantitative estimate of drug-likeness (QED) is 0.589. The minimum absolute atomic E-state index is 0.0696. The van der Waals surface area contributed by atoms with E-state index < -0.39 is 0 Å². The second-order valence-electron chi connectivity index (χ2n) is 3.59. The number of halogens is 1. The van der Waals surface area contributed by atoms with E-state index in [1.54, 1.807) is 26.2 Å². The summed E-state index contributed by atoms with van der Waals surface area (Å²) in [5.74, 6) is 5.24. The fraction of sp³-hybridized carbons (Fsp3) is 0.455. The van der Waals surface area contributed by atoms with Gasteiger partial charge in [-0.15, -0.1) is 0 Å². The number of nitrogens with one attached hydrogen (secondary N) is 1. The minimum atomic E-state index is -0.209. The van der Waals surface area contributed by atoms with Gasteiger partial charge in [0, 0.05) is 7.11 Å². The molecule has 0 saturated carbocycles. The second kappa shape index (κ2) is 5.21. The zero-order valence-corrected chi connectivity index (χ0v) is 9.25. The molecular formula is C11H17FN2O. The molecule has 0 amide bonds. The zero-order chi connectivity index (χ0) is 11.4. The second-order valence-corrected chi connectivity index (χ2v) is 3.59. The van der Waals surface area contributed by atoms with E-state index in [-0.39, 0.29) is 18.0 Å². The van der Waals surface area contributed by atoms with E-state index in [0.717, 1.165) is 5.56 Å². The number of nitrogens with two attached hydrogens (primary N) is 1. The van der Waals surface area contributed by atoms with Gasteiger partial charge in [-0.25, -0.2) is 4.39 Å². The molecule has 0 aliphatic heterocycles. The highest BCUT2D eigenvalue weighted by atomic mass is 19.1. The van der Waals surface area contributed by atoms with Gasteiger partial charge in [-0.3, -0.25) is 11.3 Å². The number of aryl methyl sites for hydroxylation is 1. The summed E-state index contributed by atoms with van der Waals surface area (Å²) in [7, 11) is 1.62. The van der Waals surface area contributed by atoms with Crippen molar-refractivity contribution >= 4 is 0 Å². The third-order valence-corrected chi connectivity index (χ3v) is 2.56. The van der Waals surface area contributed by atoms with E-state index in [4.69, 9.17) is 10.6 Å². The molecule has 15 heavy (non-hydrogen) atoms. The van der Waals surface area contributed by atoms with E-state index in [2.05, 4.69) is 5.43 Å². The van der Waals surface area contributed by atoms with Crippen molar-refractivity contribution in [3.63, 3.8) is 0 Å². The topological polar surface area (TPSA) is 47.3 Å². The monoisotopic (exact) mass is 212 g/mol. The molecule has 84 valence electrons. The van der Waals surface area contributed by atoms with Gasteiger partial charge in [0.2, 0.25) is 0 Å². The summed E-state index contributed by atoms with van der Waals surface area (Å²) in [6.45, 7) is 3.63. The molecule has 0 fully saturated rings. The molecule has 0 aromatic heterocycles. The Hall–Kier alpha value is -0.970. The van der Waals surface area contributed by atoms with Crippen molar-refractivity contribution in [2.45, 2.75) is 26.0 Å². The van der Waals surface area contributed by atoms with E-state index in [1.807, 2.05) is 6.92 Å². The molecule has 3 N–H and O–H groups in total. The van der Waals surface area contributed by atoms with E-state index in [9.17, 15) is 4.39 Å². The lowest BCUT2D eigenvalue weighted by Gasteiger charge is -2.22. The van der Waals surface area contributed by atoms with Crippen LogP contribution in [0.3, 0.4) is 0 Å². The molecule has 4 heteroatoms. The molecule has 2 atom stereocenters.